The SMILES string of the molecule is COCCOc1ccc(C(=O)OC)c(OC)c1S(C)(=O)=O. The predicted molar refractivity (Wildman–Crippen MR) is 74.8 cm³/mol. The van der Waals surface area contributed by atoms with Gasteiger partial charge in [-0.1, -0.05) is 0 Å². The maximum Gasteiger partial charge on any atom is 0.341 e. The summed E-state index contributed by atoms with van der Waals surface area (Å²) >= 11 is 0. The number of benzene rings is 1. The van der Waals surface area contributed by atoms with E-state index in [1.165, 1.54) is 33.5 Å². The van der Waals surface area contributed by atoms with Gasteiger partial charge in [0.05, 0.1) is 20.8 Å². The Morgan fingerprint density at radius 3 is 2.29 bits per heavy atom. The van der Waals surface area contributed by atoms with E-state index in [2.05, 4.69) is 4.74 Å². The highest BCUT2D eigenvalue weighted by atomic mass is 32.2. The van der Waals surface area contributed by atoms with Gasteiger partial charge in [0.2, 0.25) is 0 Å². The molecule has 0 aliphatic rings. The molecule has 0 N–H and O–H groups in total. The molecule has 0 saturated carbocycles. The highest BCUT2D eigenvalue weighted by molar-refractivity contribution is 7.91. The zero-order valence-electron chi connectivity index (χ0n) is 12.3. The molecule has 0 spiro atoms. The summed E-state index contributed by atoms with van der Waals surface area (Å²) in [5.74, 6) is -0.696. The lowest BCUT2D eigenvalue weighted by Gasteiger charge is -2.16. The van der Waals surface area contributed by atoms with Gasteiger partial charge in [0.1, 0.15) is 17.9 Å². The third-order valence-electron chi connectivity index (χ3n) is 2.60. The molecule has 0 amide bonds. The quantitative estimate of drug-likeness (QED) is 0.545. The summed E-state index contributed by atoms with van der Waals surface area (Å²) in [5.41, 5.74) is 0.0134. The molecule has 1 rings (SSSR count). The Hall–Kier alpha value is -1.80. The minimum absolute atomic E-state index is 0.0134. The molecule has 21 heavy (non-hydrogen) atoms. The van der Waals surface area contributed by atoms with Crippen molar-refractivity contribution in [1.29, 1.82) is 0 Å². The maximum atomic E-state index is 12.0. The fraction of sp³-hybridized carbons (Fsp3) is 0.462. The Balaban J connectivity index is 3.44. The normalized spacial score (nSPS) is 11.0. The van der Waals surface area contributed by atoms with E-state index in [1.807, 2.05) is 0 Å². The van der Waals surface area contributed by atoms with Crippen LogP contribution in [0.2, 0.25) is 0 Å². The highest BCUT2D eigenvalue weighted by Gasteiger charge is 2.26. The van der Waals surface area contributed by atoms with Crippen LogP contribution in [0.25, 0.3) is 0 Å². The summed E-state index contributed by atoms with van der Waals surface area (Å²) in [6.45, 7) is 0.462. The van der Waals surface area contributed by atoms with Crippen LogP contribution < -0.4 is 9.47 Å². The number of hydrogen-bond donors (Lipinski definition) is 0. The number of carbonyl (C=O) groups excluding carboxylic acids is 1. The van der Waals surface area contributed by atoms with Crippen LogP contribution in [0.1, 0.15) is 10.4 Å². The molecular formula is C13H18O7S. The lowest BCUT2D eigenvalue weighted by Crippen LogP contribution is -2.12. The molecule has 1 aromatic carbocycles. The van der Waals surface area contributed by atoms with Gasteiger partial charge in [-0.05, 0) is 12.1 Å². The van der Waals surface area contributed by atoms with Crippen LogP contribution in [-0.4, -0.2) is 55.2 Å². The van der Waals surface area contributed by atoms with Crippen molar-refractivity contribution in [3.8, 4) is 11.5 Å². The summed E-state index contributed by atoms with van der Waals surface area (Å²) in [5, 5.41) is 0. The van der Waals surface area contributed by atoms with E-state index in [0.29, 0.717) is 6.61 Å². The molecule has 0 aliphatic heterocycles. The summed E-state index contributed by atoms with van der Waals surface area (Å²) in [4.78, 5) is 11.5. The average molecular weight is 318 g/mol. The maximum absolute atomic E-state index is 12.0. The van der Waals surface area contributed by atoms with Gasteiger partial charge < -0.3 is 18.9 Å². The lowest BCUT2D eigenvalue weighted by atomic mass is 10.2. The van der Waals surface area contributed by atoms with Gasteiger partial charge in [0.25, 0.3) is 0 Å². The minimum atomic E-state index is -3.68. The Morgan fingerprint density at radius 2 is 1.81 bits per heavy atom. The molecule has 0 aliphatic carbocycles. The monoisotopic (exact) mass is 318 g/mol. The first-order chi connectivity index (χ1) is 9.86. The Labute approximate surface area is 123 Å². The molecule has 0 aromatic heterocycles. The number of ether oxygens (including phenoxy) is 4. The van der Waals surface area contributed by atoms with Gasteiger partial charge >= 0.3 is 5.97 Å². The molecule has 0 radical (unpaired) electrons. The van der Waals surface area contributed by atoms with Crippen molar-refractivity contribution >= 4 is 15.8 Å². The van der Waals surface area contributed by atoms with E-state index in [4.69, 9.17) is 14.2 Å². The van der Waals surface area contributed by atoms with Crippen LogP contribution in [0.4, 0.5) is 0 Å². The Morgan fingerprint density at radius 1 is 1.14 bits per heavy atom. The number of esters is 1. The van der Waals surface area contributed by atoms with E-state index in [1.54, 1.807) is 0 Å². The van der Waals surface area contributed by atoms with Crippen molar-refractivity contribution in [1.82, 2.24) is 0 Å². The second kappa shape index (κ2) is 7.28. The van der Waals surface area contributed by atoms with Crippen LogP contribution in [0.15, 0.2) is 17.0 Å². The van der Waals surface area contributed by atoms with E-state index >= 15 is 0 Å². The van der Waals surface area contributed by atoms with Crippen molar-refractivity contribution in [2.45, 2.75) is 4.90 Å². The molecule has 118 valence electrons. The van der Waals surface area contributed by atoms with Crippen molar-refractivity contribution < 1.29 is 32.2 Å². The molecule has 8 heteroatoms. The van der Waals surface area contributed by atoms with Crippen molar-refractivity contribution in [3.63, 3.8) is 0 Å². The molecular weight excluding hydrogens is 300 g/mol. The van der Waals surface area contributed by atoms with E-state index in [-0.39, 0.29) is 28.6 Å². The first-order valence-electron chi connectivity index (χ1n) is 5.97. The van der Waals surface area contributed by atoms with Crippen LogP contribution >= 0.6 is 0 Å². The van der Waals surface area contributed by atoms with Crippen molar-refractivity contribution in [2.24, 2.45) is 0 Å². The predicted octanol–water partition coefficient (Wildman–Crippen LogP) is 0.911. The van der Waals surface area contributed by atoms with Crippen LogP contribution in [0, 0.1) is 0 Å². The van der Waals surface area contributed by atoms with Gasteiger partial charge in [0, 0.05) is 13.4 Å². The van der Waals surface area contributed by atoms with Crippen LogP contribution in [-0.2, 0) is 19.3 Å². The van der Waals surface area contributed by atoms with Gasteiger partial charge in [-0.2, -0.15) is 0 Å². The second-order valence-electron chi connectivity index (χ2n) is 4.08. The summed E-state index contributed by atoms with van der Waals surface area (Å²) in [6, 6.07) is 2.78. The topological polar surface area (TPSA) is 88.1 Å². The Bertz CT molecular complexity index is 607. The second-order valence-corrected chi connectivity index (χ2v) is 6.03. The summed E-state index contributed by atoms with van der Waals surface area (Å²) in [7, 11) is 0.298. The molecule has 0 saturated heterocycles. The average Bonchev–Trinajstić information content (AvgIpc) is 2.44. The zero-order valence-corrected chi connectivity index (χ0v) is 13.2. The van der Waals surface area contributed by atoms with Crippen LogP contribution in [0.3, 0.4) is 0 Å². The molecule has 0 heterocycles. The third-order valence-corrected chi connectivity index (χ3v) is 3.73. The minimum Gasteiger partial charge on any atom is -0.494 e. The van der Waals surface area contributed by atoms with Gasteiger partial charge in [-0.3, -0.25) is 0 Å². The number of carbonyl (C=O) groups is 1. The smallest absolute Gasteiger partial charge is 0.341 e. The molecule has 0 atom stereocenters. The summed E-state index contributed by atoms with van der Waals surface area (Å²) < 4.78 is 43.9. The summed E-state index contributed by atoms with van der Waals surface area (Å²) in [6.07, 6.45) is 1.01. The molecule has 0 unspecified atom stereocenters. The lowest BCUT2D eigenvalue weighted by molar-refractivity contribution is 0.0596. The molecule has 0 bridgehead atoms. The molecule has 7 nitrogen and oxygen atoms in total. The standard InChI is InChI=1S/C13H18O7S/c1-17-7-8-20-10-6-5-9(13(14)19-3)11(18-2)12(10)21(4,15)16/h5-6H,7-8H2,1-4H3. The van der Waals surface area contributed by atoms with E-state index < -0.39 is 15.8 Å². The number of sulfone groups is 1. The zero-order chi connectivity index (χ0) is 16.0. The fourth-order valence-electron chi connectivity index (χ4n) is 1.72. The van der Waals surface area contributed by atoms with Crippen molar-refractivity contribution in [2.75, 3.05) is 40.8 Å². The van der Waals surface area contributed by atoms with Gasteiger partial charge in [-0.25, -0.2) is 13.2 Å². The number of methoxy groups -OCH3 is 3. The van der Waals surface area contributed by atoms with Gasteiger partial charge in [-0.15, -0.1) is 0 Å². The first-order valence-corrected chi connectivity index (χ1v) is 7.87. The molecule has 0 fully saturated rings. The van der Waals surface area contributed by atoms with Gasteiger partial charge in [0.15, 0.2) is 20.5 Å². The van der Waals surface area contributed by atoms with Crippen molar-refractivity contribution in [3.05, 3.63) is 17.7 Å². The first kappa shape index (κ1) is 17.3. The fourth-order valence-corrected chi connectivity index (χ4v) is 2.74. The highest BCUT2D eigenvalue weighted by Crippen LogP contribution is 2.36. The van der Waals surface area contributed by atoms with Crippen LogP contribution in [0.5, 0.6) is 11.5 Å². The molecule has 1 aromatic rings. The third kappa shape index (κ3) is 4.08. The number of rotatable bonds is 7. The largest absolute Gasteiger partial charge is 0.494 e. The Kier molecular flexibility index (Phi) is 5.98. The van der Waals surface area contributed by atoms with E-state index in [0.717, 1.165) is 6.26 Å². The number of hydrogen-bond acceptors (Lipinski definition) is 7. The van der Waals surface area contributed by atoms with E-state index in [9.17, 15) is 13.2 Å².